The van der Waals surface area contributed by atoms with Gasteiger partial charge in [-0.15, -0.1) is 11.3 Å². The molecule has 136 valence electrons. The average molecular weight is 363 g/mol. The second-order valence-corrected chi connectivity index (χ2v) is 7.96. The molecule has 7 heteroatoms. The number of hydrogen-bond acceptors (Lipinski definition) is 5. The second kappa shape index (κ2) is 7.39. The standard InChI is InChI=1S/C18H25N3O3S/c1-7-21(10-14(22)20-18(4,5)6)17(23)15-12(3)19-16(25-15)13-9-8-11(2)24-13/h8-9H,7,10H2,1-6H3,(H,20,22). The Morgan fingerprint density at radius 1 is 1.28 bits per heavy atom. The minimum absolute atomic E-state index is 0.0269. The minimum Gasteiger partial charge on any atom is -0.459 e. The third-order valence-electron chi connectivity index (χ3n) is 3.46. The first-order valence-electron chi connectivity index (χ1n) is 8.25. The molecule has 0 fully saturated rings. The molecule has 0 saturated heterocycles. The highest BCUT2D eigenvalue weighted by atomic mass is 32.1. The monoisotopic (exact) mass is 363 g/mol. The maximum atomic E-state index is 12.8. The number of likely N-dealkylation sites (N-methyl/N-ethyl adjacent to an activating group) is 1. The number of nitrogens with zero attached hydrogens (tertiary/aromatic N) is 2. The van der Waals surface area contributed by atoms with Crippen LogP contribution in [0.2, 0.25) is 0 Å². The maximum absolute atomic E-state index is 12.8. The van der Waals surface area contributed by atoms with E-state index in [9.17, 15) is 9.59 Å². The fourth-order valence-corrected chi connectivity index (χ4v) is 3.35. The number of furan rings is 1. The van der Waals surface area contributed by atoms with Crippen molar-refractivity contribution in [2.45, 2.75) is 47.1 Å². The summed E-state index contributed by atoms with van der Waals surface area (Å²) in [6.45, 7) is 11.7. The van der Waals surface area contributed by atoms with E-state index >= 15 is 0 Å². The lowest BCUT2D eigenvalue weighted by atomic mass is 10.1. The highest BCUT2D eigenvalue weighted by Gasteiger charge is 2.24. The van der Waals surface area contributed by atoms with Gasteiger partial charge >= 0.3 is 0 Å². The van der Waals surface area contributed by atoms with Crippen LogP contribution in [0.3, 0.4) is 0 Å². The number of rotatable bonds is 5. The SMILES string of the molecule is CCN(CC(=O)NC(C)(C)C)C(=O)c1sc(-c2ccc(C)o2)nc1C. The van der Waals surface area contributed by atoms with Crippen molar-refractivity contribution in [3.63, 3.8) is 0 Å². The summed E-state index contributed by atoms with van der Waals surface area (Å²) in [4.78, 5) is 31.5. The molecule has 1 N–H and O–H groups in total. The Balaban J connectivity index is 2.17. The van der Waals surface area contributed by atoms with Crippen molar-refractivity contribution in [2.24, 2.45) is 0 Å². The van der Waals surface area contributed by atoms with Crippen LogP contribution in [-0.4, -0.2) is 40.3 Å². The summed E-state index contributed by atoms with van der Waals surface area (Å²) in [5.41, 5.74) is 0.318. The molecule has 2 aromatic heterocycles. The summed E-state index contributed by atoms with van der Waals surface area (Å²) < 4.78 is 5.58. The molecule has 0 atom stereocenters. The van der Waals surface area contributed by atoms with Gasteiger partial charge in [0.1, 0.15) is 10.6 Å². The normalized spacial score (nSPS) is 11.4. The van der Waals surface area contributed by atoms with E-state index in [1.807, 2.05) is 46.8 Å². The number of thiazole rings is 1. The van der Waals surface area contributed by atoms with E-state index in [-0.39, 0.29) is 23.9 Å². The largest absolute Gasteiger partial charge is 0.459 e. The molecular formula is C18H25N3O3S. The van der Waals surface area contributed by atoms with Crippen LogP contribution in [-0.2, 0) is 4.79 Å². The lowest BCUT2D eigenvalue weighted by Gasteiger charge is -2.24. The molecule has 0 aliphatic rings. The molecule has 0 aliphatic carbocycles. The fourth-order valence-electron chi connectivity index (χ4n) is 2.35. The molecule has 0 aromatic carbocycles. The van der Waals surface area contributed by atoms with Crippen LogP contribution in [0, 0.1) is 13.8 Å². The molecule has 25 heavy (non-hydrogen) atoms. The Kier molecular flexibility index (Phi) is 5.67. The number of carbonyl (C=O) groups is 2. The van der Waals surface area contributed by atoms with Gasteiger partial charge in [0, 0.05) is 12.1 Å². The zero-order valence-corrected chi connectivity index (χ0v) is 16.4. The van der Waals surface area contributed by atoms with E-state index < -0.39 is 0 Å². The molecular weight excluding hydrogens is 338 g/mol. The number of amides is 2. The molecule has 0 aliphatic heterocycles. The van der Waals surface area contributed by atoms with Crippen LogP contribution in [0.5, 0.6) is 0 Å². The summed E-state index contributed by atoms with van der Waals surface area (Å²) in [6, 6.07) is 3.71. The first-order valence-corrected chi connectivity index (χ1v) is 9.07. The summed E-state index contributed by atoms with van der Waals surface area (Å²) in [6.07, 6.45) is 0. The highest BCUT2D eigenvalue weighted by molar-refractivity contribution is 7.17. The summed E-state index contributed by atoms with van der Waals surface area (Å²) in [5.74, 6) is 1.09. The molecule has 0 unspecified atom stereocenters. The van der Waals surface area contributed by atoms with Crippen molar-refractivity contribution in [1.29, 1.82) is 0 Å². The van der Waals surface area contributed by atoms with Crippen molar-refractivity contribution in [2.75, 3.05) is 13.1 Å². The second-order valence-electron chi connectivity index (χ2n) is 6.96. The van der Waals surface area contributed by atoms with Crippen molar-refractivity contribution >= 4 is 23.2 Å². The predicted octanol–water partition coefficient (Wildman–Crippen LogP) is 3.40. The molecule has 0 radical (unpaired) electrons. The third-order valence-corrected chi connectivity index (χ3v) is 4.62. The van der Waals surface area contributed by atoms with Gasteiger partial charge < -0.3 is 14.6 Å². The Morgan fingerprint density at radius 2 is 1.96 bits per heavy atom. The number of nitrogens with one attached hydrogen (secondary N) is 1. The first kappa shape index (κ1) is 19.2. The Hall–Kier alpha value is -2.15. The smallest absolute Gasteiger partial charge is 0.266 e. The van der Waals surface area contributed by atoms with E-state index in [0.29, 0.717) is 27.9 Å². The van der Waals surface area contributed by atoms with Crippen molar-refractivity contribution in [3.8, 4) is 10.8 Å². The van der Waals surface area contributed by atoms with E-state index in [2.05, 4.69) is 10.3 Å². The average Bonchev–Trinajstić information content (AvgIpc) is 3.08. The van der Waals surface area contributed by atoms with Gasteiger partial charge in [-0.2, -0.15) is 0 Å². The van der Waals surface area contributed by atoms with Crippen LogP contribution in [0.1, 0.15) is 48.8 Å². The van der Waals surface area contributed by atoms with Crippen molar-refractivity contribution < 1.29 is 14.0 Å². The van der Waals surface area contributed by atoms with Gasteiger partial charge in [0.2, 0.25) is 5.91 Å². The highest BCUT2D eigenvalue weighted by Crippen LogP contribution is 2.30. The molecule has 0 spiro atoms. The van der Waals surface area contributed by atoms with Gasteiger partial charge in [-0.1, -0.05) is 0 Å². The number of aryl methyl sites for hydroxylation is 2. The van der Waals surface area contributed by atoms with Gasteiger partial charge in [0.05, 0.1) is 12.2 Å². The Labute approximate surface area is 152 Å². The van der Waals surface area contributed by atoms with E-state index in [4.69, 9.17) is 4.42 Å². The number of aromatic nitrogens is 1. The molecule has 2 rings (SSSR count). The lowest BCUT2D eigenvalue weighted by Crippen LogP contribution is -2.47. The van der Waals surface area contributed by atoms with Crippen LogP contribution in [0.4, 0.5) is 0 Å². The van der Waals surface area contributed by atoms with Crippen molar-refractivity contribution in [1.82, 2.24) is 15.2 Å². The number of hydrogen-bond donors (Lipinski definition) is 1. The topological polar surface area (TPSA) is 75.4 Å². The first-order chi connectivity index (χ1) is 11.6. The molecule has 0 bridgehead atoms. The third kappa shape index (κ3) is 4.92. The van der Waals surface area contributed by atoms with Gasteiger partial charge in [0.15, 0.2) is 10.8 Å². The molecule has 2 heterocycles. The zero-order chi connectivity index (χ0) is 18.8. The zero-order valence-electron chi connectivity index (χ0n) is 15.6. The molecule has 0 saturated carbocycles. The molecule has 2 aromatic rings. The Morgan fingerprint density at radius 3 is 2.48 bits per heavy atom. The maximum Gasteiger partial charge on any atom is 0.266 e. The van der Waals surface area contributed by atoms with E-state index in [1.54, 1.807) is 6.92 Å². The fraction of sp³-hybridized carbons (Fsp3) is 0.500. The predicted molar refractivity (Wildman–Crippen MR) is 98.8 cm³/mol. The van der Waals surface area contributed by atoms with Crippen LogP contribution in [0.15, 0.2) is 16.5 Å². The van der Waals surface area contributed by atoms with Gasteiger partial charge in [-0.3, -0.25) is 9.59 Å². The van der Waals surface area contributed by atoms with Gasteiger partial charge in [-0.25, -0.2) is 4.98 Å². The molecule has 2 amide bonds. The lowest BCUT2D eigenvalue weighted by molar-refractivity contribution is -0.123. The molecule has 6 nitrogen and oxygen atoms in total. The quantitative estimate of drug-likeness (QED) is 0.883. The van der Waals surface area contributed by atoms with Crippen LogP contribution < -0.4 is 5.32 Å². The Bertz CT molecular complexity index is 771. The summed E-state index contributed by atoms with van der Waals surface area (Å²) in [5, 5.41) is 3.55. The summed E-state index contributed by atoms with van der Waals surface area (Å²) in [7, 11) is 0. The van der Waals surface area contributed by atoms with Gasteiger partial charge in [-0.05, 0) is 53.7 Å². The minimum atomic E-state index is -0.329. The van der Waals surface area contributed by atoms with E-state index in [1.165, 1.54) is 16.2 Å². The van der Waals surface area contributed by atoms with Crippen LogP contribution in [0.25, 0.3) is 10.8 Å². The summed E-state index contributed by atoms with van der Waals surface area (Å²) >= 11 is 1.29. The van der Waals surface area contributed by atoms with Crippen molar-refractivity contribution in [3.05, 3.63) is 28.5 Å². The van der Waals surface area contributed by atoms with Gasteiger partial charge in [0.25, 0.3) is 5.91 Å². The van der Waals surface area contributed by atoms with Crippen LogP contribution >= 0.6 is 11.3 Å². The van der Waals surface area contributed by atoms with E-state index in [0.717, 1.165) is 5.76 Å². The number of carbonyl (C=O) groups excluding carboxylic acids is 2.